The maximum atomic E-state index is 6.00. The van der Waals surface area contributed by atoms with Crippen LogP contribution in [0, 0.1) is 6.92 Å². The number of rotatable bonds is 3. The maximum absolute atomic E-state index is 6.00. The summed E-state index contributed by atoms with van der Waals surface area (Å²) < 4.78 is 0. The Labute approximate surface area is 84.3 Å². The first-order chi connectivity index (χ1) is 6.15. The van der Waals surface area contributed by atoms with Crippen LogP contribution in [0.4, 0.5) is 5.69 Å². The molecular formula is C10H15ClN2. The Morgan fingerprint density at radius 3 is 2.69 bits per heavy atom. The second-order valence-corrected chi connectivity index (χ2v) is 3.55. The Bertz CT molecular complexity index is 286. The molecule has 1 aromatic carbocycles. The maximum Gasteiger partial charge on any atom is 0.0455 e. The molecular weight excluding hydrogens is 184 g/mol. The van der Waals surface area contributed by atoms with E-state index in [1.807, 2.05) is 26.1 Å². The van der Waals surface area contributed by atoms with E-state index in [0.717, 1.165) is 22.8 Å². The highest BCUT2D eigenvalue weighted by Crippen LogP contribution is 2.21. The summed E-state index contributed by atoms with van der Waals surface area (Å²) in [5, 5.41) is 0.807. The lowest BCUT2D eigenvalue weighted by Crippen LogP contribution is -2.24. The lowest BCUT2D eigenvalue weighted by atomic mass is 10.2. The summed E-state index contributed by atoms with van der Waals surface area (Å²) in [6, 6.07) is 6.04. The summed E-state index contributed by atoms with van der Waals surface area (Å²) >= 11 is 6.00. The van der Waals surface area contributed by atoms with E-state index in [4.69, 9.17) is 17.3 Å². The van der Waals surface area contributed by atoms with Crippen LogP contribution in [0.15, 0.2) is 18.2 Å². The van der Waals surface area contributed by atoms with Crippen molar-refractivity contribution in [1.82, 2.24) is 0 Å². The van der Waals surface area contributed by atoms with E-state index < -0.39 is 0 Å². The van der Waals surface area contributed by atoms with Gasteiger partial charge in [-0.1, -0.05) is 17.7 Å². The van der Waals surface area contributed by atoms with Crippen LogP contribution in [0.5, 0.6) is 0 Å². The van der Waals surface area contributed by atoms with Gasteiger partial charge in [0.25, 0.3) is 0 Å². The molecule has 0 aliphatic carbocycles. The van der Waals surface area contributed by atoms with E-state index in [0.29, 0.717) is 6.54 Å². The zero-order chi connectivity index (χ0) is 9.84. The van der Waals surface area contributed by atoms with Crippen molar-refractivity contribution in [2.45, 2.75) is 6.92 Å². The molecule has 1 aromatic rings. The molecule has 3 heteroatoms. The Kier molecular flexibility index (Phi) is 3.58. The molecule has 1 rings (SSSR count). The minimum absolute atomic E-state index is 0.655. The molecule has 0 saturated carbocycles. The van der Waals surface area contributed by atoms with Gasteiger partial charge in [0.05, 0.1) is 0 Å². The fourth-order valence-corrected chi connectivity index (χ4v) is 1.32. The van der Waals surface area contributed by atoms with Gasteiger partial charge in [-0.15, -0.1) is 0 Å². The van der Waals surface area contributed by atoms with Crippen LogP contribution < -0.4 is 10.6 Å². The van der Waals surface area contributed by atoms with Gasteiger partial charge in [0.15, 0.2) is 0 Å². The molecule has 0 saturated heterocycles. The summed E-state index contributed by atoms with van der Waals surface area (Å²) in [6.45, 7) is 3.50. The average Bonchev–Trinajstić information content (AvgIpc) is 2.10. The molecule has 0 aliphatic rings. The third-order valence-corrected chi connectivity index (χ3v) is 2.47. The first kappa shape index (κ1) is 10.4. The highest BCUT2D eigenvalue weighted by Gasteiger charge is 2.01. The zero-order valence-electron chi connectivity index (χ0n) is 8.05. The SMILES string of the molecule is Cc1ccc(N(C)CCN)cc1Cl. The van der Waals surface area contributed by atoms with Crippen LogP contribution in [0.2, 0.25) is 5.02 Å². The molecule has 0 atom stereocenters. The highest BCUT2D eigenvalue weighted by molar-refractivity contribution is 6.31. The van der Waals surface area contributed by atoms with Gasteiger partial charge < -0.3 is 10.6 Å². The molecule has 0 unspecified atom stereocenters. The first-order valence-electron chi connectivity index (χ1n) is 4.32. The van der Waals surface area contributed by atoms with Crippen molar-refractivity contribution < 1.29 is 0 Å². The van der Waals surface area contributed by atoms with Crippen molar-refractivity contribution in [2.75, 3.05) is 25.0 Å². The van der Waals surface area contributed by atoms with Gasteiger partial charge in [-0.05, 0) is 24.6 Å². The molecule has 0 amide bonds. The lowest BCUT2D eigenvalue weighted by Gasteiger charge is -2.18. The van der Waals surface area contributed by atoms with Gasteiger partial charge in [-0.25, -0.2) is 0 Å². The summed E-state index contributed by atoms with van der Waals surface area (Å²) in [5.41, 5.74) is 7.68. The number of halogens is 1. The van der Waals surface area contributed by atoms with Gasteiger partial charge in [-0.2, -0.15) is 0 Å². The predicted octanol–water partition coefficient (Wildman–Crippen LogP) is 2.04. The topological polar surface area (TPSA) is 29.3 Å². The number of anilines is 1. The van der Waals surface area contributed by atoms with Crippen molar-refractivity contribution in [3.63, 3.8) is 0 Å². The second kappa shape index (κ2) is 4.49. The molecule has 0 fully saturated rings. The summed E-state index contributed by atoms with van der Waals surface area (Å²) in [5.74, 6) is 0. The van der Waals surface area contributed by atoms with Crippen molar-refractivity contribution in [3.05, 3.63) is 28.8 Å². The molecule has 0 bridgehead atoms. The molecule has 2 N–H and O–H groups in total. The van der Waals surface area contributed by atoms with E-state index >= 15 is 0 Å². The summed E-state index contributed by atoms with van der Waals surface area (Å²) in [7, 11) is 2.01. The van der Waals surface area contributed by atoms with Crippen molar-refractivity contribution in [2.24, 2.45) is 5.73 Å². The largest absolute Gasteiger partial charge is 0.373 e. The van der Waals surface area contributed by atoms with Gasteiger partial charge in [0.1, 0.15) is 0 Å². The van der Waals surface area contributed by atoms with Crippen LogP contribution in [0.3, 0.4) is 0 Å². The lowest BCUT2D eigenvalue weighted by molar-refractivity contribution is 0.885. The van der Waals surface area contributed by atoms with Gasteiger partial charge in [0.2, 0.25) is 0 Å². The number of nitrogens with two attached hydrogens (primary N) is 1. The number of likely N-dealkylation sites (N-methyl/N-ethyl adjacent to an activating group) is 1. The zero-order valence-corrected chi connectivity index (χ0v) is 8.80. The van der Waals surface area contributed by atoms with E-state index in [2.05, 4.69) is 11.0 Å². The van der Waals surface area contributed by atoms with Crippen LogP contribution in [0.1, 0.15) is 5.56 Å². The van der Waals surface area contributed by atoms with E-state index in [1.165, 1.54) is 0 Å². The highest BCUT2D eigenvalue weighted by atomic mass is 35.5. The normalized spacial score (nSPS) is 10.2. The third kappa shape index (κ3) is 2.61. The molecule has 2 nitrogen and oxygen atoms in total. The summed E-state index contributed by atoms with van der Waals surface area (Å²) in [6.07, 6.45) is 0. The smallest absolute Gasteiger partial charge is 0.0455 e. The van der Waals surface area contributed by atoms with E-state index in [-0.39, 0.29) is 0 Å². The van der Waals surface area contributed by atoms with Crippen LogP contribution in [0.25, 0.3) is 0 Å². The molecule has 0 aromatic heterocycles. The molecule has 0 aliphatic heterocycles. The Balaban J connectivity index is 2.84. The Morgan fingerprint density at radius 2 is 2.15 bits per heavy atom. The fourth-order valence-electron chi connectivity index (χ4n) is 1.14. The molecule has 0 radical (unpaired) electrons. The van der Waals surface area contributed by atoms with Crippen LogP contribution >= 0.6 is 11.6 Å². The molecule has 0 heterocycles. The number of nitrogens with zero attached hydrogens (tertiary/aromatic N) is 1. The quantitative estimate of drug-likeness (QED) is 0.806. The van der Waals surface area contributed by atoms with Crippen LogP contribution in [-0.4, -0.2) is 20.1 Å². The Morgan fingerprint density at radius 1 is 1.46 bits per heavy atom. The van der Waals surface area contributed by atoms with E-state index in [9.17, 15) is 0 Å². The van der Waals surface area contributed by atoms with Gasteiger partial charge in [-0.3, -0.25) is 0 Å². The van der Waals surface area contributed by atoms with E-state index in [1.54, 1.807) is 0 Å². The van der Waals surface area contributed by atoms with Crippen LogP contribution in [-0.2, 0) is 0 Å². The molecule has 13 heavy (non-hydrogen) atoms. The van der Waals surface area contributed by atoms with Gasteiger partial charge in [0, 0.05) is 30.8 Å². The average molecular weight is 199 g/mol. The number of aryl methyl sites for hydroxylation is 1. The molecule has 72 valence electrons. The molecule has 0 spiro atoms. The summed E-state index contributed by atoms with van der Waals surface area (Å²) in [4.78, 5) is 2.09. The van der Waals surface area contributed by atoms with Gasteiger partial charge >= 0.3 is 0 Å². The predicted molar refractivity (Wildman–Crippen MR) is 58.5 cm³/mol. The standard InChI is InChI=1S/C10H15ClN2/c1-8-3-4-9(7-10(8)11)13(2)6-5-12/h3-4,7H,5-6,12H2,1-2H3. The second-order valence-electron chi connectivity index (χ2n) is 3.14. The van der Waals surface area contributed by atoms with Crippen molar-refractivity contribution >= 4 is 17.3 Å². The fraction of sp³-hybridized carbons (Fsp3) is 0.400. The number of benzene rings is 1. The first-order valence-corrected chi connectivity index (χ1v) is 4.70. The minimum atomic E-state index is 0.655. The number of hydrogen-bond acceptors (Lipinski definition) is 2. The minimum Gasteiger partial charge on any atom is -0.373 e. The van der Waals surface area contributed by atoms with Crippen molar-refractivity contribution in [1.29, 1.82) is 0 Å². The third-order valence-electron chi connectivity index (χ3n) is 2.06. The monoisotopic (exact) mass is 198 g/mol. The Hall–Kier alpha value is -0.730. The number of hydrogen-bond donors (Lipinski definition) is 1. The van der Waals surface area contributed by atoms with Crippen molar-refractivity contribution in [3.8, 4) is 0 Å².